The van der Waals surface area contributed by atoms with E-state index in [-0.39, 0.29) is 17.0 Å². The molecule has 1 aromatic heterocycles. The van der Waals surface area contributed by atoms with Crippen LogP contribution in [-0.2, 0) is 11.0 Å². The first kappa shape index (κ1) is 18.0. The van der Waals surface area contributed by atoms with Crippen LogP contribution in [0.2, 0.25) is 0 Å². The maximum atomic E-state index is 13.0. The fraction of sp³-hybridized carbons (Fsp3) is 0.286. The van der Waals surface area contributed by atoms with E-state index in [2.05, 4.69) is 10.2 Å². The SMILES string of the molecule is CC(C)N(C(=O)C(=O)c1nnc(C(F)(F)F)s1)c1ccc(F)cc1. The lowest BCUT2D eigenvalue weighted by Gasteiger charge is -2.25. The molecule has 0 saturated heterocycles. The Morgan fingerprint density at radius 3 is 2.17 bits per heavy atom. The number of carbonyl (C=O) groups is 2. The highest BCUT2D eigenvalue weighted by molar-refractivity contribution is 7.14. The van der Waals surface area contributed by atoms with Gasteiger partial charge >= 0.3 is 12.1 Å². The van der Waals surface area contributed by atoms with Gasteiger partial charge in [-0.05, 0) is 38.1 Å². The first-order valence-corrected chi connectivity index (χ1v) is 7.47. The van der Waals surface area contributed by atoms with Crippen LogP contribution < -0.4 is 4.90 Å². The lowest BCUT2D eigenvalue weighted by Crippen LogP contribution is -2.41. The van der Waals surface area contributed by atoms with Crippen LogP contribution in [0, 0.1) is 5.82 Å². The van der Waals surface area contributed by atoms with Gasteiger partial charge in [0.1, 0.15) is 5.82 Å². The van der Waals surface area contributed by atoms with E-state index in [0.717, 1.165) is 17.0 Å². The Hall–Kier alpha value is -2.36. The van der Waals surface area contributed by atoms with Gasteiger partial charge in [0.2, 0.25) is 5.01 Å². The third kappa shape index (κ3) is 3.75. The lowest BCUT2D eigenvalue weighted by molar-refractivity contribution is -0.138. The predicted molar refractivity (Wildman–Crippen MR) is 78.3 cm³/mol. The van der Waals surface area contributed by atoms with E-state index in [1.165, 1.54) is 12.1 Å². The van der Waals surface area contributed by atoms with Crippen molar-refractivity contribution in [2.75, 3.05) is 4.90 Å². The summed E-state index contributed by atoms with van der Waals surface area (Å²) in [6.07, 6.45) is -4.74. The maximum absolute atomic E-state index is 13.0. The summed E-state index contributed by atoms with van der Waals surface area (Å²) in [7, 11) is 0. The molecule has 128 valence electrons. The number of hydrogen-bond acceptors (Lipinski definition) is 5. The van der Waals surface area contributed by atoms with Crippen LogP contribution in [-0.4, -0.2) is 27.9 Å². The van der Waals surface area contributed by atoms with E-state index in [0.29, 0.717) is 0 Å². The Morgan fingerprint density at radius 1 is 1.12 bits per heavy atom. The molecule has 2 rings (SSSR count). The molecule has 10 heteroatoms. The summed E-state index contributed by atoms with van der Waals surface area (Å²) < 4.78 is 50.6. The molecular formula is C14H11F4N3O2S. The Labute approximate surface area is 137 Å². The van der Waals surface area contributed by atoms with Crippen molar-refractivity contribution in [2.24, 2.45) is 0 Å². The van der Waals surface area contributed by atoms with Crippen molar-refractivity contribution in [3.05, 3.63) is 40.1 Å². The predicted octanol–water partition coefficient (Wildman–Crippen LogP) is 3.32. The number of halogens is 4. The molecule has 0 atom stereocenters. The fourth-order valence-electron chi connectivity index (χ4n) is 1.88. The molecule has 0 aliphatic heterocycles. The van der Waals surface area contributed by atoms with Crippen molar-refractivity contribution < 1.29 is 27.2 Å². The van der Waals surface area contributed by atoms with Crippen molar-refractivity contribution in [3.8, 4) is 0 Å². The molecule has 0 N–H and O–H groups in total. The quantitative estimate of drug-likeness (QED) is 0.476. The highest BCUT2D eigenvalue weighted by Gasteiger charge is 2.38. The van der Waals surface area contributed by atoms with Gasteiger partial charge in [0.05, 0.1) is 0 Å². The van der Waals surface area contributed by atoms with Gasteiger partial charge in [0.15, 0.2) is 5.01 Å². The molecule has 0 aliphatic carbocycles. The zero-order chi connectivity index (χ0) is 18.1. The third-order valence-corrected chi connectivity index (χ3v) is 3.86. The topological polar surface area (TPSA) is 63.2 Å². The van der Waals surface area contributed by atoms with Crippen LogP contribution in [0.3, 0.4) is 0 Å². The van der Waals surface area contributed by atoms with E-state index in [4.69, 9.17) is 0 Å². The molecule has 0 unspecified atom stereocenters. The molecule has 0 saturated carbocycles. The Balaban J connectivity index is 2.31. The molecule has 0 spiro atoms. The number of anilines is 1. The number of alkyl halides is 3. The van der Waals surface area contributed by atoms with Crippen molar-refractivity contribution in [3.63, 3.8) is 0 Å². The number of ketones is 1. The minimum atomic E-state index is -4.74. The van der Waals surface area contributed by atoms with E-state index in [1.54, 1.807) is 13.8 Å². The molecular weight excluding hydrogens is 350 g/mol. The molecule has 0 fully saturated rings. The van der Waals surface area contributed by atoms with Crippen LogP contribution >= 0.6 is 11.3 Å². The second-order valence-electron chi connectivity index (χ2n) is 4.98. The van der Waals surface area contributed by atoms with E-state index in [9.17, 15) is 27.2 Å². The monoisotopic (exact) mass is 361 g/mol. The zero-order valence-corrected chi connectivity index (χ0v) is 13.3. The van der Waals surface area contributed by atoms with Gasteiger partial charge in [-0.2, -0.15) is 13.2 Å². The van der Waals surface area contributed by atoms with Gasteiger partial charge in [0.25, 0.3) is 5.78 Å². The van der Waals surface area contributed by atoms with Gasteiger partial charge in [-0.25, -0.2) is 4.39 Å². The summed E-state index contributed by atoms with van der Waals surface area (Å²) in [5.41, 5.74) is 0.241. The van der Waals surface area contributed by atoms with Crippen molar-refractivity contribution in [1.82, 2.24) is 10.2 Å². The van der Waals surface area contributed by atoms with Gasteiger partial charge < -0.3 is 4.90 Å². The first-order valence-electron chi connectivity index (χ1n) is 6.65. The Bertz CT molecular complexity index is 756. The van der Waals surface area contributed by atoms with Crippen LogP contribution in [0.15, 0.2) is 24.3 Å². The van der Waals surface area contributed by atoms with E-state index in [1.807, 2.05) is 0 Å². The van der Waals surface area contributed by atoms with Crippen molar-refractivity contribution >= 4 is 28.7 Å². The molecule has 24 heavy (non-hydrogen) atoms. The van der Waals surface area contributed by atoms with Gasteiger partial charge in [-0.1, -0.05) is 11.3 Å². The molecule has 2 aromatic rings. The summed E-state index contributed by atoms with van der Waals surface area (Å²) in [4.78, 5) is 25.6. The smallest absolute Gasteiger partial charge is 0.303 e. The van der Waals surface area contributed by atoms with E-state index >= 15 is 0 Å². The van der Waals surface area contributed by atoms with Crippen LogP contribution in [0.5, 0.6) is 0 Å². The van der Waals surface area contributed by atoms with Crippen LogP contribution in [0.25, 0.3) is 0 Å². The molecule has 5 nitrogen and oxygen atoms in total. The number of carbonyl (C=O) groups excluding carboxylic acids is 2. The number of benzene rings is 1. The largest absolute Gasteiger partial charge is 0.445 e. The second kappa shape index (κ2) is 6.63. The number of amides is 1. The Kier molecular flexibility index (Phi) is 4.97. The number of hydrogen-bond donors (Lipinski definition) is 0. The maximum Gasteiger partial charge on any atom is 0.445 e. The van der Waals surface area contributed by atoms with Crippen molar-refractivity contribution in [2.45, 2.75) is 26.1 Å². The normalized spacial score (nSPS) is 11.6. The second-order valence-corrected chi connectivity index (χ2v) is 5.96. The fourth-order valence-corrected chi connectivity index (χ4v) is 2.52. The molecule has 1 amide bonds. The molecule has 1 heterocycles. The highest BCUT2D eigenvalue weighted by atomic mass is 32.1. The summed E-state index contributed by atoms with van der Waals surface area (Å²) in [6, 6.07) is 4.32. The van der Waals surface area contributed by atoms with E-state index < -0.39 is 39.7 Å². The number of Topliss-reactive ketones (excluding diaryl/α,β-unsaturated/α-hetero) is 1. The first-order chi connectivity index (χ1) is 11.1. The van der Waals surface area contributed by atoms with Crippen LogP contribution in [0.1, 0.15) is 28.7 Å². The summed E-state index contributed by atoms with van der Waals surface area (Å²) >= 11 is -0.00125. The molecule has 0 aliphatic rings. The average Bonchev–Trinajstić information content (AvgIpc) is 2.98. The average molecular weight is 361 g/mol. The van der Waals surface area contributed by atoms with Crippen LogP contribution in [0.4, 0.5) is 23.2 Å². The summed E-state index contributed by atoms with van der Waals surface area (Å²) in [5, 5.41) is 4.06. The number of aromatic nitrogens is 2. The molecule has 0 radical (unpaired) electrons. The zero-order valence-electron chi connectivity index (χ0n) is 12.5. The van der Waals surface area contributed by atoms with Gasteiger partial charge in [-0.15, -0.1) is 10.2 Å². The molecule has 1 aromatic carbocycles. The third-order valence-electron chi connectivity index (χ3n) is 2.90. The number of rotatable bonds is 4. The Morgan fingerprint density at radius 2 is 1.71 bits per heavy atom. The van der Waals surface area contributed by atoms with Gasteiger partial charge in [0, 0.05) is 11.7 Å². The minimum absolute atomic E-state index is 0.00125. The summed E-state index contributed by atoms with van der Waals surface area (Å²) in [6.45, 7) is 3.21. The minimum Gasteiger partial charge on any atom is -0.303 e. The molecule has 0 bridgehead atoms. The van der Waals surface area contributed by atoms with Crippen molar-refractivity contribution in [1.29, 1.82) is 0 Å². The standard InChI is InChI=1S/C14H11F4N3O2S/c1-7(2)21(9-5-3-8(15)4-6-9)12(23)10(22)11-19-20-13(24-11)14(16,17)18/h3-7H,1-2H3. The van der Waals surface area contributed by atoms with Gasteiger partial charge in [-0.3, -0.25) is 9.59 Å². The lowest BCUT2D eigenvalue weighted by atomic mass is 10.2. The highest BCUT2D eigenvalue weighted by Crippen LogP contribution is 2.31. The number of nitrogens with zero attached hydrogens (tertiary/aromatic N) is 3. The summed E-state index contributed by atoms with van der Waals surface area (Å²) in [5.74, 6) is -2.80.